The largest absolute Gasteiger partial charge is 0.332 e. The van der Waals surface area contributed by atoms with Gasteiger partial charge in [-0.1, -0.05) is 57.0 Å². The maximum atomic E-state index is 13.3. The van der Waals surface area contributed by atoms with E-state index in [1.807, 2.05) is 32.0 Å². The molecule has 1 aromatic carbocycles. The second-order valence-electron chi connectivity index (χ2n) is 7.56. The van der Waals surface area contributed by atoms with E-state index in [1.54, 1.807) is 4.31 Å². The molecule has 5 nitrogen and oxygen atoms in total. The van der Waals surface area contributed by atoms with Crippen molar-refractivity contribution in [1.29, 1.82) is 0 Å². The van der Waals surface area contributed by atoms with Gasteiger partial charge in [0.1, 0.15) is 5.82 Å². The molecule has 2 heterocycles. The van der Waals surface area contributed by atoms with Gasteiger partial charge in [-0.3, -0.25) is 0 Å². The summed E-state index contributed by atoms with van der Waals surface area (Å²) >= 11 is 0. The number of hydrogen-bond donors (Lipinski definition) is 1. The van der Waals surface area contributed by atoms with E-state index >= 15 is 0 Å². The number of H-pyrrole nitrogens is 1. The molecular weight excluding hydrogens is 334 g/mol. The molecule has 1 N–H and O–H groups in total. The lowest BCUT2D eigenvalue weighted by Gasteiger charge is -2.60. The van der Waals surface area contributed by atoms with Gasteiger partial charge in [-0.15, -0.1) is 0 Å². The molecule has 2 aromatic rings. The molecule has 0 bridgehead atoms. The third-order valence-corrected chi connectivity index (χ3v) is 7.65. The predicted octanol–water partition coefficient (Wildman–Crippen LogP) is 3.62. The van der Waals surface area contributed by atoms with Gasteiger partial charge in [-0.05, 0) is 24.3 Å². The summed E-state index contributed by atoms with van der Waals surface area (Å²) in [5.74, 6) is 1.30. The first-order valence-corrected chi connectivity index (χ1v) is 10.5. The van der Waals surface area contributed by atoms with Gasteiger partial charge in [0, 0.05) is 12.5 Å². The van der Waals surface area contributed by atoms with E-state index < -0.39 is 10.0 Å². The first kappa shape index (κ1) is 16.8. The van der Waals surface area contributed by atoms with Gasteiger partial charge in [-0.2, -0.15) is 4.31 Å². The quantitative estimate of drug-likeness (QED) is 0.906. The number of rotatable bonds is 4. The molecule has 4 rings (SSSR count). The number of imidazole rings is 1. The topological polar surface area (TPSA) is 66.1 Å². The zero-order valence-electron chi connectivity index (χ0n) is 14.8. The van der Waals surface area contributed by atoms with E-state index in [1.165, 1.54) is 12.6 Å². The number of fused-ring (bicyclic) bond motifs is 1. The number of nitrogens with zero attached hydrogens (tertiary/aromatic N) is 2. The monoisotopic (exact) mass is 359 g/mol. The molecular formula is C19H25N3O2S. The lowest BCUT2D eigenvalue weighted by molar-refractivity contribution is -0.0505. The highest BCUT2D eigenvalue weighted by Crippen LogP contribution is 2.55. The van der Waals surface area contributed by atoms with E-state index in [4.69, 9.17) is 0 Å². The zero-order valence-corrected chi connectivity index (χ0v) is 15.6. The third-order valence-electron chi connectivity index (χ3n) is 5.83. The van der Waals surface area contributed by atoms with Gasteiger partial charge < -0.3 is 4.98 Å². The fraction of sp³-hybridized carbons (Fsp3) is 0.526. The van der Waals surface area contributed by atoms with Gasteiger partial charge in [-0.25, -0.2) is 13.4 Å². The number of nitrogens with one attached hydrogen (secondary N) is 1. The first-order valence-electron chi connectivity index (χ1n) is 9.09. The fourth-order valence-electron chi connectivity index (χ4n) is 4.47. The van der Waals surface area contributed by atoms with Crippen molar-refractivity contribution in [1.82, 2.24) is 14.3 Å². The van der Waals surface area contributed by atoms with Gasteiger partial charge in [0.25, 0.3) is 10.0 Å². The summed E-state index contributed by atoms with van der Waals surface area (Å²) in [6.07, 6.45) is 5.72. The average Bonchev–Trinajstić information content (AvgIpc) is 3.08. The molecule has 2 aliphatic rings. The van der Waals surface area contributed by atoms with Crippen molar-refractivity contribution in [2.45, 2.75) is 56.0 Å². The second kappa shape index (κ2) is 5.95. The van der Waals surface area contributed by atoms with Crippen molar-refractivity contribution in [2.24, 2.45) is 5.92 Å². The molecule has 0 amide bonds. The molecule has 1 saturated carbocycles. The van der Waals surface area contributed by atoms with Crippen molar-refractivity contribution in [2.75, 3.05) is 6.54 Å². The van der Waals surface area contributed by atoms with Crippen LogP contribution in [0, 0.1) is 5.92 Å². The molecule has 6 heteroatoms. The van der Waals surface area contributed by atoms with Crippen LogP contribution in [0.5, 0.6) is 0 Å². The highest BCUT2D eigenvalue weighted by atomic mass is 32.2. The SMILES string of the molecule is CC(C)c1ncc(S(=O)(=O)N2C[C@H]3CCCC[C@]32c2ccccc2)[nH]1. The summed E-state index contributed by atoms with van der Waals surface area (Å²) < 4.78 is 28.4. The second-order valence-corrected chi connectivity index (χ2v) is 9.39. The highest BCUT2D eigenvalue weighted by molar-refractivity contribution is 7.89. The van der Waals surface area contributed by atoms with E-state index in [0.717, 1.165) is 24.8 Å². The number of aromatic amines is 1. The van der Waals surface area contributed by atoms with Crippen molar-refractivity contribution >= 4 is 10.0 Å². The van der Waals surface area contributed by atoms with Crippen LogP contribution in [0.25, 0.3) is 0 Å². The maximum absolute atomic E-state index is 13.3. The van der Waals surface area contributed by atoms with Crippen molar-refractivity contribution in [3.63, 3.8) is 0 Å². The molecule has 134 valence electrons. The Bertz CT molecular complexity index is 860. The normalized spacial score (nSPS) is 27.1. The Kier molecular flexibility index (Phi) is 4.00. The van der Waals surface area contributed by atoms with Crippen LogP contribution in [0.2, 0.25) is 0 Å². The molecule has 0 unspecified atom stereocenters. The van der Waals surface area contributed by atoms with Crippen LogP contribution >= 0.6 is 0 Å². The Labute approximate surface area is 149 Å². The standard InChI is InChI=1S/C19H25N3O2S/c1-14(2)18-20-12-17(21-18)25(23,24)22-13-16-10-6-7-11-19(16,22)15-8-4-3-5-9-15/h3-5,8-9,12,14,16H,6-7,10-11,13H2,1-2H3,(H,20,21)/t16-,19+/m1/s1. The molecule has 1 aliphatic heterocycles. The van der Waals surface area contributed by atoms with E-state index in [2.05, 4.69) is 22.1 Å². The van der Waals surface area contributed by atoms with Crippen LogP contribution in [0.4, 0.5) is 0 Å². The van der Waals surface area contributed by atoms with Crippen LogP contribution in [0.1, 0.15) is 56.8 Å². The summed E-state index contributed by atoms with van der Waals surface area (Å²) in [6.45, 7) is 4.61. The lowest BCUT2D eigenvalue weighted by Crippen LogP contribution is -2.67. The van der Waals surface area contributed by atoms with Gasteiger partial charge >= 0.3 is 0 Å². The van der Waals surface area contributed by atoms with Gasteiger partial charge in [0.2, 0.25) is 0 Å². The molecule has 1 aliphatic carbocycles. The maximum Gasteiger partial charge on any atom is 0.260 e. The van der Waals surface area contributed by atoms with Crippen molar-refractivity contribution < 1.29 is 8.42 Å². The van der Waals surface area contributed by atoms with Crippen LogP contribution < -0.4 is 0 Å². The number of hydrogen-bond acceptors (Lipinski definition) is 3. The van der Waals surface area contributed by atoms with Crippen LogP contribution in [0.3, 0.4) is 0 Å². The Morgan fingerprint density at radius 1 is 1.24 bits per heavy atom. The molecule has 0 spiro atoms. The Hall–Kier alpha value is -1.66. The van der Waals surface area contributed by atoms with Crippen molar-refractivity contribution in [3.05, 3.63) is 47.9 Å². The minimum atomic E-state index is -3.58. The Morgan fingerprint density at radius 2 is 2.00 bits per heavy atom. The first-order chi connectivity index (χ1) is 12.0. The van der Waals surface area contributed by atoms with E-state index in [9.17, 15) is 8.42 Å². The molecule has 1 saturated heterocycles. The van der Waals surface area contributed by atoms with E-state index in [0.29, 0.717) is 18.3 Å². The summed E-state index contributed by atoms with van der Waals surface area (Å²) in [7, 11) is -3.58. The van der Waals surface area contributed by atoms with Crippen LogP contribution in [-0.2, 0) is 15.6 Å². The highest BCUT2D eigenvalue weighted by Gasteiger charge is 2.60. The number of aromatic nitrogens is 2. The zero-order chi connectivity index (χ0) is 17.7. The minimum absolute atomic E-state index is 0.172. The summed E-state index contributed by atoms with van der Waals surface area (Å²) in [4.78, 5) is 7.29. The molecule has 0 radical (unpaired) electrons. The Morgan fingerprint density at radius 3 is 2.64 bits per heavy atom. The average molecular weight is 359 g/mol. The van der Waals surface area contributed by atoms with Crippen LogP contribution in [0.15, 0.2) is 41.6 Å². The minimum Gasteiger partial charge on any atom is -0.332 e. The third kappa shape index (κ3) is 2.46. The molecule has 25 heavy (non-hydrogen) atoms. The molecule has 2 atom stereocenters. The molecule has 1 aromatic heterocycles. The van der Waals surface area contributed by atoms with Crippen molar-refractivity contribution in [3.8, 4) is 0 Å². The van der Waals surface area contributed by atoms with Gasteiger partial charge in [0.05, 0.1) is 11.7 Å². The van der Waals surface area contributed by atoms with Gasteiger partial charge in [0.15, 0.2) is 5.03 Å². The Balaban J connectivity index is 1.76. The number of benzene rings is 1. The summed E-state index contributed by atoms with van der Waals surface area (Å²) in [5, 5.41) is 0.218. The predicted molar refractivity (Wildman–Crippen MR) is 96.6 cm³/mol. The number of sulfonamides is 1. The summed E-state index contributed by atoms with van der Waals surface area (Å²) in [5.41, 5.74) is 0.736. The summed E-state index contributed by atoms with van der Waals surface area (Å²) in [6, 6.07) is 10.1. The smallest absolute Gasteiger partial charge is 0.260 e. The van der Waals surface area contributed by atoms with E-state index in [-0.39, 0.29) is 16.5 Å². The van der Waals surface area contributed by atoms with Crippen LogP contribution in [-0.4, -0.2) is 29.2 Å². The lowest BCUT2D eigenvalue weighted by atomic mass is 9.63. The molecule has 2 fully saturated rings. The fourth-order valence-corrected chi connectivity index (χ4v) is 6.28.